The number of halogens is 1. The zero-order valence-electron chi connectivity index (χ0n) is 9.76. The number of aromatic nitrogens is 2. The molecule has 0 atom stereocenters. The number of alkyl halides is 1. The molecular formula is C11H20FN3. The van der Waals surface area contributed by atoms with Crippen LogP contribution >= 0.6 is 0 Å². The molecular weight excluding hydrogens is 193 g/mol. The number of hydrogen-bond donors (Lipinski definition) is 1. The molecule has 0 saturated heterocycles. The van der Waals surface area contributed by atoms with E-state index in [4.69, 9.17) is 0 Å². The first-order valence-electron chi connectivity index (χ1n) is 5.47. The highest BCUT2D eigenvalue weighted by Crippen LogP contribution is 2.14. The first-order chi connectivity index (χ1) is 7.15. The lowest BCUT2D eigenvalue weighted by atomic mass is 10.1. The standard InChI is InChI=1S/C11H20FN3/c1-9(2)4-6-13-11-10(3)8-14-15(11)7-5-12/h8-9,13H,4-7H2,1-3H3. The normalized spacial score (nSPS) is 11.0. The lowest BCUT2D eigenvalue weighted by Crippen LogP contribution is -2.12. The number of hydrogen-bond acceptors (Lipinski definition) is 2. The minimum atomic E-state index is -0.375. The van der Waals surface area contributed by atoms with Crippen molar-refractivity contribution >= 4 is 5.82 Å². The predicted molar refractivity (Wildman–Crippen MR) is 60.9 cm³/mol. The van der Waals surface area contributed by atoms with Gasteiger partial charge in [-0.2, -0.15) is 5.10 Å². The van der Waals surface area contributed by atoms with E-state index in [2.05, 4.69) is 24.3 Å². The summed E-state index contributed by atoms with van der Waals surface area (Å²) in [6.45, 7) is 7.23. The number of nitrogens with one attached hydrogen (secondary N) is 1. The molecule has 0 unspecified atom stereocenters. The van der Waals surface area contributed by atoms with Gasteiger partial charge in [0.15, 0.2) is 0 Å². The van der Waals surface area contributed by atoms with Gasteiger partial charge in [0.1, 0.15) is 12.5 Å². The van der Waals surface area contributed by atoms with Crippen LogP contribution in [0.15, 0.2) is 6.20 Å². The fourth-order valence-corrected chi connectivity index (χ4v) is 1.44. The van der Waals surface area contributed by atoms with Gasteiger partial charge in [0.05, 0.1) is 12.7 Å². The van der Waals surface area contributed by atoms with Crippen LogP contribution in [-0.2, 0) is 6.54 Å². The van der Waals surface area contributed by atoms with Crippen molar-refractivity contribution in [1.82, 2.24) is 9.78 Å². The van der Waals surface area contributed by atoms with Crippen LogP contribution in [0.5, 0.6) is 0 Å². The SMILES string of the molecule is Cc1cnn(CCF)c1NCCC(C)C. The molecule has 1 aromatic heterocycles. The Hall–Kier alpha value is -1.06. The van der Waals surface area contributed by atoms with E-state index in [1.54, 1.807) is 10.9 Å². The molecule has 1 N–H and O–H groups in total. The summed E-state index contributed by atoms with van der Waals surface area (Å²) in [7, 11) is 0. The molecule has 4 heteroatoms. The van der Waals surface area contributed by atoms with Crippen molar-refractivity contribution in [3.05, 3.63) is 11.8 Å². The van der Waals surface area contributed by atoms with Crippen LogP contribution in [-0.4, -0.2) is 23.0 Å². The average molecular weight is 213 g/mol. The van der Waals surface area contributed by atoms with Gasteiger partial charge >= 0.3 is 0 Å². The Morgan fingerprint density at radius 2 is 2.27 bits per heavy atom. The van der Waals surface area contributed by atoms with E-state index in [0.717, 1.165) is 24.3 Å². The van der Waals surface area contributed by atoms with Gasteiger partial charge in [-0.1, -0.05) is 13.8 Å². The number of anilines is 1. The van der Waals surface area contributed by atoms with Crippen LogP contribution in [0.1, 0.15) is 25.8 Å². The van der Waals surface area contributed by atoms with Gasteiger partial charge in [-0.3, -0.25) is 0 Å². The highest BCUT2D eigenvalue weighted by Gasteiger charge is 2.06. The first-order valence-corrected chi connectivity index (χ1v) is 5.47. The average Bonchev–Trinajstić information content (AvgIpc) is 2.50. The maximum Gasteiger partial charge on any atom is 0.127 e. The molecule has 0 amide bonds. The Bertz CT molecular complexity index is 294. The van der Waals surface area contributed by atoms with Crippen molar-refractivity contribution in [3.8, 4) is 0 Å². The molecule has 3 nitrogen and oxygen atoms in total. The molecule has 0 radical (unpaired) electrons. The monoisotopic (exact) mass is 213 g/mol. The largest absolute Gasteiger partial charge is 0.370 e. The van der Waals surface area contributed by atoms with Crippen LogP contribution in [0.4, 0.5) is 10.2 Å². The second-order valence-corrected chi connectivity index (χ2v) is 4.20. The molecule has 0 bridgehead atoms. The quantitative estimate of drug-likeness (QED) is 0.787. The summed E-state index contributed by atoms with van der Waals surface area (Å²) < 4.78 is 13.9. The van der Waals surface area contributed by atoms with Crippen molar-refractivity contribution in [1.29, 1.82) is 0 Å². The van der Waals surface area contributed by atoms with E-state index in [0.29, 0.717) is 12.5 Å². The molecule has 1 rings (SSSR count). The number of aryl methyl sites for hydroxylation is 2. The molecule has 0 aliphatic heterocycles. The molecule has 15 heavy (non-hydrogen) atoms. The lowest BCUT2D eigenvalue weighted by molar-refractivity contribution is 0.429. The van der Waals surface area contributed by atoms with E-state index in [1.165, 1.54) is 0 Å². The Morgan fingerprint density at radius 1 is 1.53 bits per heavy atom. The van der Waals surface area contributed by atoms with E-state index in [-0.39, 0.29) is 6.67 Å². The molecule has 0 fully saturated rings. The highest BCUT2D eigenvalue weighted by molar-refractivity contribution is 5.42. The van der Waals surface area contributed by atoms with Crippen LogP contribution in [0, 0.1) is 12.8 Å². The summed E-state index contributed by atoms with van der Waals surface area (Å²) in [6.07, 6.45) is 2.88. The molecule has 86 valence electrons. The maximum atomic E-state index is 12.2. The topological polar surface area (TPSA) is 29.9 Å². The van der Waals surface area contributed by atoms with Crippen LogP contribution in [0.2, 0.25) is 0 Å². The molecule has 1 heterocycles. The fraction of sp³-hybridized carbons (Fsp3) is 0.727. The van der Waals surface area contributed by atoms with Gasteiger partial charge in [0, 0.05) is 12.1 Å². The van der Waals surface area contributed by atoms with Gasteiger partial charge in [0.25, 0.3) is 0 Å². The lowest BCUT2D eigenvalue weighted by Gasteiger charge is -2.11. The Kier molecular flexibility index (Phi) is 4.59. The van der Waals surface area contributed by atoms with E-state index in [9.17, 15) is 4.39 Å². The van der Waals surface area contributed by atoms with Gasteiger partial charge in [-0.25, -0.2) is 9.07 Å². The van der Waals surface area contributed by atoms with Gasteiger partial charge in [-0.05, 0) is 19.3 Å². The third-order valence-corrected chi connectivity index (χ3v) is 2.33. The van der Waals surface area contributed by atoms with Crippen LogP contribution in [0.25, 0.3) is 0 Å². The number of nitrogens with zero attached hydrogens (tertiary/aromatic N) is 2. The van der Waals surface area contributed by atoms with Crippen LogP contribution < -0.4 is 5.32 Å². The molecule has 0 aromatic carbocycles. The van der Waals surface area contributed by atoms with Crippen molar-refractivity contribution in [2.45, 2.75) is 33.7 Å². The van der Waals surface area contributed by atoms with E-state index < -0.39 is 0 Å². The zero-order valence-corrected chi connectivity index (χ0v) is 9.76. The second-order valence-electron chi connectivity index (χ2n) is 4.20. The molecule has 0 spiro atoms. The minimum Gasteiger partial charge on any atom is -0.370 e. The molecule has 0 saturated carbocycles. The van der Waals surface area contributed by atoms with Gasteiger partial charge in [0.2, 0.25) is 0 Å². The summed E-state index contributed by atoms with van der Waals surface area (Å²) >= 11 is 0. The van der Waals surface area contributed by atoms with E-state index in [1.807, 2.05) is 6.92 Å². The third-order valence-electron chi connectivity index (χ3n) is 2.33. The van der Waals surface area contributed by atoms with Gasteiger partial charge < -0.3 is 5.32 Å². The highest BCUT2D eigenvalue weighted by atomic mass is 19.1. The second kappa shape index (κ2) is 5.73. The minimum absolute atomic E-state index is 0.331. The third kappa shape index (κ3) is 3.53. The Morgan fingerprint density at radius 3 is 2.87 bits per heavy atom. The van der Waals surface area contributed by atoms with E-state index >= 15 is 0 Å². The molecule has 0 aliphatic carbocycles. The Balaban J connectivity index is 2.54. The van der Waals surface area contributed by atoms with Crippen molar-refractivity contribution in [2.75, 3.05) is 18.5 Å². The maximum absolute atomic E-state index is 12.2. The smallest absolute Gasteiger partial charge is 0.127 e. The summed E-state index contributed by atoms with van der Waals surface area (Å²) in [5, 5.41) is 7.43. The molecule has 1 aromatic rings. The first kappa shape index (κ1) is 12.0. The Labute approximate surface area is 90.7 Å². The van der Waals surface area contributed by atoms with Crippen molar-refractivity contribution in [2.24, 2.45) is 5.92 Å². The summed E-state index contributed by atoms with van der Waals surface area (Å²) in [5.41, 5.74) is 1.08. The zero-order chi connectivity index (χ0) is 11.3. The summed E-state index contributed by atoms with van der Waals surface area (Å²) in [6, 6.07) is 0. The van der Waals surface area contributed by atoms with Crippen molar-refractivity contribution in [3.63, 3.8) is 0 Å². The number of rotatable bonds is 6. The van der Waals surface area contributed by atoms with Crippen LogP contribution in [0.3, 0.4) is 0 Å². The van der Waals surface area contributed by atoms with Crippen molar-refractivity contribution < 1.29 is 4.39 Å². The molecule has 0 aliphatic rings. The summed E-state index contributed by atoms with van der Waals surface area (Å²) in [5.74, 6) is 1.63. The summed E-state index contributed by atoms with van der Waals surface area (Å²) in [4.78, 5) is 0. The van der Waals surface area contributed by atoms with Gasteiger partial charge in [-0.15, -0.1) is 0 Å². The predicted octanol–water partition coefficient (Wildman–Crippen LogP) is 2.62. The fourth-order valence-electron chi connectivity index (χ4n) is 1.44.